The molecule has 96 valence electrons. The highest BCUT2D eigenvalue weighted by Crippen LogP contribution is 2.27. The van der Waals surface area contributed by atoms with E-state index >= 15 is 0 Å². The van der Waals surface area contributed by atoms with Crippen LogP contribution in [0.25, 0.3) is 0 Å². The zero-order chi connectivity index (χ0) is 12.1. The average molecular weight is 254 g/mol. The molecule has 0 aliphatic heterocycles. The van der Waals surface area contributed by atoms with Crippen LogP contribution in [0.15, 0.2) is 5.51 Å². The summed E-state index contributed by atoms with van der Waals surface area (Å²) in [7, 11) is 0. The molecule has 1 heterocycles. The maximum absolute atomic E-state index is 9.58. The van der Waals surface area contributed by atoms with E-state index in [-0.39, 0.29) is 12.1 Å². The van der Waals surface area contributed by atoms with E-state index in [2.05, 4.69) is 17.2 Å². The van der Waals surface area contributed by atoms with Crippen molar-refractivity contribution in [2.24, 2.45) is 0 Å². The monoisotopic (exact) mass is 254 g/mol. The molecule has 0 bridgehead atoms. The van der Waals surface area contributed by atoms with E-state index in [1.54, 1.807) is 11.3 Å². The summed E-state index contributed by atoms with van der Waals surface area (Å²) in [6, 6.07) is 0. The number of aryl methyl sites for hydroxylation is 1. The fourth-order valence-corrected chi connectivity index (χ4v) is 3.41. The van der Waals surface area contributed by atoms with Gasteiger partial charge in [0.15, 0.2) is 0 Å². The van der Waals surface area contributed by atoms with Gasteiger partial charge in [0.2, 0.25) is 0 Å². The van der Waals surface area contributed by atoms with Gasteiger partial charge in [-0.15, -0.1) is 11.3 Å². The third kappa shape index (κ3) is 3.27. The predicted molar refractivity (Wildman–Crippen MR) is 71.5 cm³/mol. The van der Waals surface area contributed by atoms with Crippen LogP contribution in [-0.2, 0) is 6.42 Å². The molecule has 0 saturated heterocycles. The quantitative estimate of drug-likeness (QED) is 0.847. The summed E-state index contributed by atoms with van der Waals surface area (Å²) in [6.07, 6.45) is 7.06. The molecule has 0 amide bonds. The van der Waals surface area contributed by atoms with Crippen molar-refractivity contribution in [3.05, 3.63) is 16.1 Å². The summed E-state index contributed by atoms with van der Waals surface area (Å²) >= 11 is 1.73. The van der Waals surface area contributed by atoms with Crippen LogP contribution in [0.1, 0.15) is 42.7 Å². The van der Waals surface area contributed by atoms with E-state index in [0.29, 0.717) is 0 Å². The van der Waals surface area contributed by atoms with Gasteiger partial charge in [0, 0.05) is 17.0 Å². The molecule has 17 heavy (non-hydrogen) atoms. The first-order chi connectivity index (χ1) is 8.26. The highest BCUT2D eigenvalue weighted by atomic mass is 32.1. The number of rotatable bonds is 5. The minimum Gasteiger partial charge on any atom is -0.394 e. The molecule has 2 N–H and O–H groups in total. The zero-order valence-corrected chi connectivity index (χ0v) is 11.4. The molecular weight excluding hydrogens is 232 g/mol. The van der Waals surface area contributed by atoms with Crippen molar-refractivity contribution in [1.82, 2.24) is 10.3 Å². The molecule has 2 rings (SSSR count). The van der Waals surface area contributed by atoms with E-state index < -0.39 is 0 Å². The van der Waals surface area contributed by atoms with Crippen LogP contribution in [0, 0.1) is 6.92 Å². The fourth-order valence-electron chi connectivity index (χ4n) is 2.63. The van der Waals surface area contributed by atoms with E-state index in [4.69, 9.17) is 0 Å². The second-order valence-corrected chi connectivity index (χ2v) is 5.98. The summed E-state index contributed by atoms with van der Waals surface area (Å²) in [5, 5.41) is 13.2. The Morgan fingerprint density at radius 3 is 2.76 bits per heavy atom. The second-order valence-electron chi connectivity index (χ2n) is 5.04. The number of aliphatic hydroxyl groups is 1. The van der Waals surface area contributed by atoms with Crippen LogP contribution in [0.2, 0.25) is 0 Å². The van der Waals surface area contributed by atoms with Crippen molar-refractivity contribution in [2.75, 3.05) is 13.2 Å². The number of thiazole rings is 1. The summed E-state index contributed by atoms with van der Waals surface area (Å²) in [5.41, 5.74) is 3.06. The molecule has 0 unspecified atom stereocenters. The van der Waals surface area contributed by atoms with Crippen LogP contribution in [0.3, 0.4) is 0 Å². The standard InChI is InChI=1S/C13H22N2OS/c1-11-12(17-10-14-11)5-8-15-13(9-16)6-3-2-4-7-13/h10,15-16H,2-9H2,1H3. The molecule has 1 saturated carbocycles. The van der Waals surface area contributed by atoms with Gasteiger partial charge in [0.05, 0.1) is 17.8 Å². The minimum absolute atomic E-state index is 0.00313. The highest BCUT2D eigenvalue weighted by molar-refractivity contribution is 7.09. The summed E-state index contributed by atoms with van der Waals surface area (Å²) in [6.45, 7) is 3.28. The van der Waals surface area contributed by atoms with Gasteiger partial charge in [-0.2, -0.15) is 0 Å². The topological polar surface area (TPSA) is 45.2 Å². The number of aromatic nitrogens is 1. The molecule has 1 aliphatic carbocycles. The maximum Gasteiger partial charge on any atom is 0.0797 e. The molecule has 0 atom stereocenters. The summed E-state index contributed by atoms with van der Waals surface area (Å²) in [5.74, 6) is 0. The molecule has 1 aliphatic rings. The molecule has 1 fully saturated rings. The van der Waals surface area contributed by atoms with Crippen LogP contribution >= 0.6 is 11.3 Å². The van der Waals surface area contributed by atoms with Gasteiger partial charge in [-0.3, -0.25) is 0 Å². The average Bonchev–Trinajstić information content (AvgIpc) is 2.76. The van der Waals surface area contributed by atoms with Crippen LogP contribution in [-0.4, -0.2) is 28.8 Å². The van der Waals surface area contributed by atoms with Gasteiger partial charge in [0.1, 0.15) is 0 Å². The molecule has 0 radical (unpaired) electrons. The Bertz CT molecular complexity index is 345. The Labute approximate surface area is 107 Å². The van der Waals surface area contributed by atoms with Crippen molar-refractivity contribution in [1.29, 1.82) is 0 Å². The molecule has 4 heteroatoms. The second kappa shape index (κ2) is 5.94. The summed E-state index contributed by atoms with van der Waals surface area (Å²) in [4.78, 5) is 5.62. The van der Waals surface area contributed by atoms with Gasteiger partial charge in [-0.25, -0.2) is 4.98 Å². The van der Waals surface area contributed by atoms with Gasteiger partial charge in [-0.05, 0) is 26.2 Å². The van der Waals surface area contributed by atoms with Crippen LogP contribution < -0.4 is 5.32 Å². The third-order valence-electron chi connectivity index (χ3n) is 3.81. The number of aliphatic hydroxyl groups excluding tert-OH is 1. The van der Waals surface area contributed by atoms with Gasteiger partial charge in [-0.1, -0.05) is 19.3 Å². The predicted octanol–water partition coefficient (Wildman–Crippen LogP) is 2.28. The van der Waals surface area contributed by atoms with E-state index in [1.807, 2.05) is 5.51 Å². The number of hydrogen-bond acceptors (Lipinski definition) is 4. The van der Waals surface area contributed by atoms with Crippen LogP contribution in [0.5, 0.6) is 0 Å². The Balaban J connectivity index is 1.82. The lowest BCUT2D eigenvalue weighted by Crippen LogP contribution is -2.50. The van der Waals surface area contributed by atoms with Crippen molar-refractivity contribution in [2.45, 2.75) is 51.0 Å². The Kier molecular flexibility index (Phi) is 4.54. The van der Waals surface area contributed by atoms with Crippen molar-refractivity contribution in [3.8, 4) is 0 Å². The van der Waals surface area contributed by atoms with Crippen molar-refractivity contribution >= 4 is 11.3 Å². The summed E-state index contributed by atoms with van der Waals surface area (Å²) < 4.78 is 0. The van der Waals surface area contributed by atoms with Gasteiger partial charge < -0.3 is 10.4 Å². The molecule has 0 spiro atoms. The van der Waals surface area contributed by atoms with E-state index in [9.17, 15) is 5.11 Å². The number of nitrogens with zero attached hydrogens (tertiary/aromatic N) is 1. The Morgan fingerprint density at radius 2 is 2.18 bits per heavy atom. The van der Waals surface area contributed by atoms with E-state index in [1.165, 1.54) is 24.1 Å². The number of hydrogen-bond donors (Lipinski definition) is 2. The van der Waals surface area contributed by atoms with Gasteiger partial charge in [0.25, 0.3) is 0 Å². The minimum atomic E-state index is -0.00313. The number of nitrogens with one attached hydrogen (secondary N) is 1. The highest BCUT2D eigenvalue weighted by Gasteiger charge is 2.30. The van der Waals surface area contributed by atoms with Crippen molar-refractivity contribution in [3.63, 3.8) is 0 Å². The molecule has 0 aromatic carbocycles. The SMILES string of the molecule is Cc1ncsc1CCNC1(CO)CCCCC1. The lowest BCUT2D eigenvalue weighted by molar-refractivity contribution is 0.122. The lowest BCUT2D eigenvalue weighted by Gasteiger charge is -2.36. The first kappa shape index (κ1) is 13.0. The maximum atomic E-state index is 9.58. The fraction of sp³-hybridized carbons (Fsp3) is 0.769. The third-order valence-corrected chi connectivity index (χ3v) is 4.81. The molecule has 1 aromatic heterocycles. The Hall–Kier alpha value is -0.450. The van der Waals surface area contributed by atoms with Crippen LogP contribution in [0.4, 0.5) is 0 Å². The lowest BCUT2D eigenvalue weighted by atomic mass is 9.82. The molecule has 1 aromatic rings. The first-order valence-corrected chi connectivity index (χ1v) is 7.39. The molecular formula is C13H22N2OS. The zero-order valence-electron chi connectivity index (χ0n) is 10.5. The van der Waals surface area contributed by atoms with E-state index in [0.717, 1.165) is 31.5 Å². The van der Waals surface area contributed by atoms with Crippen molar-refractivity contribution < 1.29 is 5.11 Å². The molecule has 3 nitrogen and oxygen atoms in total. The van der Waals surface area contributed by atoms with Gasteiger partial charge >= 0.3 is 0 Å². The first-order valence-electron chi connectivity index (χ1n) is 6.51. The Morgan fingerprint density at radius 1 is 1.41 bits per heavy atom. The smallest absolute Gasteiger partial charge is 0.0797 e. The normalized spacial score (nSPS) is 19.4. The largest absolute Gasteiger partial charge is 0.394 e.